The molecular weight excluding hydrogens is 216 g/mol. The predicted octanol–water partition coefficient (Wildman–Crippen LogP) is 1.20. The lowest BCUT2D eigenvalue weighted by Crippen LogP contribution is -2.40. The van der Waals surface area contributed by atoms with E-state index in [0.717, 1.165) is 43.8 Å². The van der Waals surface area contributed by atoms with E-state index >= 15 is 0 Å². The van der Waals surface area contributed by atoms with E-state index in [-0.39, 0.29) is 0 Å². The van der Waals surface area contributed by atoms with Crippen LogP contribution < -0.4 is 10.2 Å². The van der Waals surface area contributed by atoms with Crippen LogP contribution in [0.3, 0.4) is 0 Å². The number of hydrogen-bond donors (Lipinski definition) is 1. The normalized spacial score (nSPS) is 20.4. The summed E-state index contributed by atoms with van der Waals surface area (Å²) in [5.41, 5.74) is 1.02. The third-order valence-electron chi connectivity index (χ3n) is 3.22. The molecule has 0 radical (unpaired) electrons. The summed E-state index contributed by atoms with van der Waals surface area (Å²) >= 11 is 0. The second kappa shape index (κ2) is 4.49. The Hall–Kier alpha value is -1.36. The van der Waals surface area contributed by atoms with Crippen molar-refractivity contribution in [3.63, 3.8) is 0 Å². The van der Waals surface area contributed by atoms with Crippen LogP contribution in [0.15, 0.2) is 6.07 Å². The zero-order valence-electron chi connectivity index (χ0n) is 10.1. The Morgan fingerprint density at radius 3 is 2.71 bits per heavy atom. The van der Waals surface area contributed by atoms with E-state index in [2.05, 4.69) is 20.2 Å². The molecule has 0 aromatic carbocycles. The summed E-state index contributed by atoms with van der Waals surface area (Å²) in [6, 6.07) is 2.41. The van der Waals surface area contributed by atoms with E-state index in [9.17, 15) is 0 Å². The molecule has 0 unspecified atom stereocenters. The molecule has 0 amide bonds. The summed E-state index contributed by atoms with van der Waals surface area (Å²) in [6.07, 6.45) is 2.49. The molecule has 2 fully saturated rings. The van der Waals surface area contributed by atoms with E-state index < -0.39 is 0 Å². The van der Waals surface area contributed by atoms with E-state index in [1.165, 1.54) is 12.8 Å². The van der Waals surface area contributed by atoms with Gasteiger partial charge in [-0.15, -0.1) is 0 Å². The molecule has 5 heteroatoms. The van der Waals surface area contributed by atoms with Gasteiger partial charge < -0.3 is 15.0 Å². The number of hydrogen-bond acceptors (Lipinski definition) is 5. The molecule has 1 aromatic rings. The Kier molecular flexibility index (Phi) is 2.84. The smallest absolute Gasteiger partial charge is 0.227 e. The zero-order chi connectivity index (χ0) is 11.7. The molecule has 92 valence electrons. The molecule has 0 atom stereocenters. The topological polar surface area (TPSA) is 50.3 Å². The standard InChI is InChI=1S/C12H18N4O/c1-9-6-11(14-10-7-17-8-10)15-12(13-9)16-4-2-3-5-16/h6,10H,2-5,7-8H2,1H3,(H,13,14,15). The van der Waals surface area contributed by atoms with Crippen LogP contribution in [0.5, 0.6) is 0 Å². The Balaban J connectivity index is 1.78. The average Bonchev–Trinajstić information content (AvgIpc) is 2.76. The number of ether oxygens (including phenoxy) is 1. The third kappa shape index (κ3) is 2.34. The van der Waals surface area contributed by atoms with Crippen molar-refractivity contribution in [3.8, 4) is 0 Å². The van der Waals surface area contributed by atoms with Gasteiger partial charge in [0, 0.05) is 24.8 Å². The van der Waals surface area contributed by atoms with Crippen LogP contribution in [0.4, 0.5) is 11.8 Å². The van der Waals surface area contributed by atoms with Gasteiger partial charge >= 0.3 is 0 Å². The Morgan fingerprint density at radius 2 is 2.06 bits per heavy atom. The monoisotopic (exact) mass is 234 g/mol. The van der Waals surface area contributed by atoms with Crippen LogP contribution in [0, 0.1) is 6.92 Å². The number of nitrogens with one attached hydrogen (secondary N) is 1. The highest BCUT2D eigenvalue weighted by Crippen LogP contribution is 2.19. The minimum absolute atomic E-state index is 0.413. The maximum Gasteiger partial charge on any atom is 0.227 e. The molecule has 0 spiro atoms. The fourth-order valence-electron chi connectivity index (χ4n) is 2.21. The van der Waals surface area contributed by atoms with Gasteiger partial charge in [0.25, 0.3) is 0 Å². The van der Waals surface area contributed by atoms with Gasteiger partial charge in [-0.25, -0.2) is 4.98 Å². The maximum atomic E-state index is 5.15. The third-order valence-corrected chi connectivity index (χ3v) is 3.22. The molecule has 2 aliphatic rings. The molecule has 17 heavy (non-hydrogen) atoms. The summed E-state index contributed by atoms with van der Waals surface area (Å²) in [5, 5.41) is 3.38. The Labute approximate surface area is 101 Å². The van der Waals surface area contributed by atoms with E-state index in [0.29, 0.717) is 6.04 Å². The molecule has 1 aromatic heterocycles. The van der Waals surface area contributed by atoms with Crippen molar-refractivity contribution in [3.05, 3.63) is 11.8 Å². The van der Waals surface area contributed by atoms with Gasteiger partial charge in [0.15, 0.2) is 0 Å². The maximum absolute atomic E-state index is 5.15. The van der Waals surface area contributed by atoms with E-state index in [4.69, 9.17) is 4.74 Å². The SMILES string of the molecule is Cc1cc(NC2COC2)nc(N2CCCC2)n1. The van der Waals surface area contributed by atoms with Gasteiger partial charge in [-0.3, -0.25) is 0 Å². The first-order valence-corrected chi connectivity index (χ1v) is 6.26. The lowest BCUT2D eigenvalue weighted by atomic mass is 10.2. The first kappa shape index (κ1) is 10.8. The molecular formula is C12H18N4O. The molecule has 0 bridgehead atoms. The summed E-state index contributed by atoms with van der Waals surface area (Å²) in [6.45, 7) is 5.73. The zero-order valence-corrected chi connectivity index (χ0v) is 10.1. The summed E-state index contributed by atoms with van der Waals surface area (Å²) in [7, 11) is 0. The Morgan fingerprint density at radius 1 is 1.29 bits per heavy atom. The molecule has 3 heterocycles. The Bertz CT molecular complexity index is 399. The summed E-state index contributed by atoms with van der Waals surface area (Å²) < 4.78 is 5.15. The second-order valence-corrected chi connectivity index (χ2v) is 4.77. The van der Waals surface area contributed by atoms with Gasteiger partial charge in [0.05, 0.1) is 19.3 Å². The number of anilines is 2. The van der Waals surface area contributed by atoms with Crippen LogP contribution in [0.25, 0.3) is 0 Å². The van der Waals surface area contributed by atoms with Crippen LogP contribution >= 0.6 is 0 Å². The van der Waals surface area contributed by atoms with Gasteiger partial charge in [0.1, 0.15) is 5.82 Å². The van der Waals surface area contributed by atoms with Crippen molar-refractivity contribution in [1.82, 2.24) is 9.97 Å². The molecule has 5 nitrogen and oxygen atoms in total. The largest absolute Gasteiger partial charge is 0.377 e. The minimum atomic E-state index is 0.413. The van der Waals surface area contributed by atoms with Crippen molar-refractivity contribution >= 4 is 11.8 Å². The lowest BCUT2D eigenvalue weighted by Gasteiger charge is -2.27. The van der Waals surface area contributed by atoms with Gasteiger partial charge in [0.2, 0.25) is 5.95 Å². The lowest BCUT2D eigenvalue weighted by molar-refractivity contribution is 0.0209. The molecule has 2 aliphatic heterocycles. The number of rotatable bonds is 3. The molecule has 1 N–H and O–H groups in total. The van der Waals surface area contributed by atoms with Crippen molar-refractivity contribution < 1.29 is 4.74 Å². The van der Waals surface area contributed by atoms with Gasteiger partial charge in [-0.05, 0) is 19.8 Å². The first-order valence-electron chi connectivity index (χ1n) is 6.26. The average molecular weight is 234 g/mol. The second-order valence-electron chi connectivity index (χ2n) is 4.77. The highest BCUT2D eigenvalue weighted by molar-refractivity contribution is 5.45. The van der Waals surface area contributed by atoms with Gasteiger partial charge in [-0.2, -0.15) is 4.98 Å². The fraction of sp³-hybridized carbons (Fsp3) is 0.667. The van der Waals surface area contributed by atoms with Crippen LogP contribution in [-0.2, 0) is 4.74 Å². The van der Waals surface area contributed by atoms with E-state index in [1.807, 2.05) is 13.0 Å². The van der Waals surface area contributed by atoms with Crippen LogP contribution in [-0.4, -0.2) is 42.3 Å². The van der Waals surface area contributed by atoms with Crippen molar-refractivity contribution in [2.24, 2.45) is 0 Å². The molecule has 3 rings (SSSR count). The quantitative estimate of drug-likeness (QED) is 0.851. The first-order chi connectivity index (χ1) is 8.31. The molecule has 0 saturated carbocycles. The molecule has 0 aliphatic carbocycles. The van der Waals surface area contributed by atoms with Crippen molar-refractivity contribution in [2.75, 3.05) is 36.5 Å². The van der Waals surface area contributed by atoms with E-state index in [1.54, 1.807) is 0 Å². The highest BCUT2D eigenvalue weighted by atomic mass is 16.5. The van der Waals surface area contributed by atoms with Gasteiger partial charge in [-0.1, -0.05) is 0 Å². The van der Waals surface area contributed by atoms with Crippen molar-refractivity contribution in [2.45, 2.75) is 25.8 Å². The van der Waals surface area contributed by atoms with Crippen LogP contribution in [0.2, 0.25) is 0 Å². The number of aromatic nitrogens is 2. The van der Waals surface area contributed by atoms with Crippen molar-refractivity contribution in [1.29, 1.82) is 0 Å². The summed E-state index contributed by atoms with van der Waals surface area (Å²) in [5.74, 6) is 1.79. The highest BCUT2D eigenvalue weighted by Gasteiger charge is 2.20. The van der Waals surface area contributed by atoms with Crippen LogP contribution in [0.1, 0.15) is 18.5 Å². The molecule has 2 saturated heterocycles. The fourth-order valence-corrected chi connectivity index (χ4v) is 2.21. The summed E-state index contributed by atoms with van der Waals surface area (Å²) in [4.78, 5) is 11.4. The number of aryl methyl sites for hydroxylation is 1. The predicted molar refractivity (Wildman–Crippen MR) is 66.4 cm³/mol. The number of nitrogens with zero attached hydrogens (tertiary/aromatic N) is 3. The minimum Gasteiger partial charge on any atom is -0.377 e.